The molecule has 31 heavy (non-hydrogen) atoms. The zero-order chi connectivity index (χ0) is 22.3. The Morgan fingerprint density at radius 1 is 1.00 bits per heavy atom. The molecular formula is C19H20ClN5O5S. The number of hydrogen-bond donors (Lipinski definition) is 1. The van der Waals surface area contributed by atoms with Gasteiger partial charge in [0.1, 0.15) is 5.82 Å². The van der Waals surface area contributed by atoms with Gasteiger partial charge in [0.2, 0.25) is 5.91 Å². The number of anilines is 1. The second-order valence-corrected chi connectivity index (χ2v) is 9.95. The molecule has 0 bridgehead atoms. The summed E-state index contributed by atoms with van der Waals surface area (Å²) < 4.78 is 25.5. The fourth-order valence-corrected chi connectivity index (χ4v) is 5.29. The lowest BCUT2D eigenvalue weighted by atomic mass is 10.2. The predicted molar refractivity (Wildman–Crippen MR) is 112 cm³/mol. The predicted octanol–water partition coefficient (Wildman–Crippen LogP) is 0.583. The molecule has 1 N–H and O–H groups in total. The number of benzene rings is 1. The third-order valence-electron chi connectivity index (χ3n) is 5.30. The number of carbonyl (C=O) groups is 3. The first-order chi connectivity index (χ1) is 14.6. The normalized spacial score (nSPS) is 17.4. The number of aromatic nitrogens is 2. The van der Waals surface area contributed by atoms with Crippen molar-refractivity contribution in [1.82, 2.24) is 19.6 Å². The van der Waals surface area contributed by atoms with Gasteiger partial charge in [0.15, 0.2) is 9.84 Å². The van der Waals surface area contributed by atoms with Crippen molar-refractivity contribution in [3.63, 3.8) is 0 Å². The number of rotatable bonds is 2. The van der Waals surface area contributed by atoms with Crippen molar-refractivity contribution < 1.29 is 22.8 Å². The number of fused-ring (bicyclic) bond motifs is 1. The van der Waals surface area contributed by atoms with Gasteiger partial charge in [-0.15, -0.1) is 0 Å². The minimum Gasteiger partial charge on any atom is -0.339 e. The minimum atomic E-state index is -3.36. The Bertz CT molecular complexity index is 1170. The number of nitrogens with zero attached hydrogens (tertiary/aromatic N) is 4. The summed E-state index contributed by atoms with van der Waals surface area (Å²) >= 11 is 5.94. The maximum atomic E-state index is 12.7. The van der Waals surface area contributed by atoms with Gasteiger partial charge < -0.3 is 15.1 Å². The van der Waals surface area contributed by atoms with E-state index in [9.17, 15) is 22.8 Å². The van der Waals surface area contributed by atoms with E-state index >= 15 is 0 Å². The van der Waals surface area contributed by atoms with E-state index < -0.39 is 21.7 Å². The third-order valence-corrected chi connectivity index (χ3v) is 6.99. The number of nitrogens with one attached hydrogen (secondary N) is 1. The quantitative estimate of drug-likeness (QED) is 0.647. The first-order valence-corrected chi connectivity index (χ1v) is 11.8. The van der Waals surface area contributed by atoms with Crippen LogP contribution in [0.5, 0.6) is 0 Å². The van der Waals surface area contributed by atoms with Crippen LogP contribution in [0.1, 0.15) is 18.2 Å². The van der Waals surface area contributed by atoms with Crippen LogP contribution in [-0.4, -0.2) is 71.9 Å². The van der Waals surface area contributed by atoms with Crippen LogP contribution < -0.4 is 5.32 Å². The molecule has 1 fully saturated rings. The van der Waals surface area contributed by atoms with Gasteiger partial charge in [-0.05, 0) is 24.3 Å². The van der Waals surface area contributed by atoms with Crippen molar-refractivity contribution in [3.05, 3.63) is 40.5 Å². The van der Waals surface area contributed by atoms with E-state index in [2.05, 4.69) is 10.4 Å². The molecule has 1 saturated heterocycles. The molecule has 3 amide bonds. The van der Waals surface area contributed by atoms with E-state index in [4.69, 9.17) is 11.6 Å². The highest BCUT2D eigenvalue weighted by atomic mass is 35.5. The van der Waals surface area contributed by atoms with Gasteiger partial charge in [0, 0.05) is 43.7 Å². The van der Waals surface area contributed by atoms with Crippen molar-refractivity contribution in [3.8, 4) is 5.69 Å². The van der Waals surface area contributed by atoms with Crippen molar-refractivity contribution in [2.24, 2.45) is 0 Å². The van der Waals surface area contributed by atoms with Gasteiger partial charge in [-0.3, -0.25) is 14.4 Å². The average Bonchev–Trinajstić information content (AvgIpc) is 3.20. The fourth-order valence-electron chi connectivity index (χ4n) is 3.67. The lowest BCUT2D eigenvalue weighted by Gasteiger charge is -2.33. The molecule has 0 unspecified atom stereocenters. The highest BCUT2D eigenvalue weighted by molar-refractivity contribution is 7.90. The molecule has 164 valence electrons. The van der Waals surface area contributed by atoms with Gasteiger partial charge in [0.25, 0.3) is 0 Å². The maximum Gasteiger partial charge on any atom is 0.315 e. The van der Waals surface area contributed by atoms with E-state index in [-0.39, 0.29) is 36.3 Å². The molecule has 3 heterocycles. The summed E-state index contributed by atoms with van der Waals surface area (Å²) in [6.45, 7) is 2.65. The Balaban J connectivity index is 1.59. The molecule has 2 aromatic rings. The van der Waals surface area contributed by atoms with Crippen LogP contribution in [0.25, 0.3) is 5.69 Å². The standard InChI is InChI=1S/C19H20ClN5O5S/c1-12(26)23-6-8-24(9-7-23)19(28)18(27)21-17-15-10-31(29,30)11-16(15)22-25(17)14-4-2-13(20)3-5-14/h2-5H,6-11H2,1H3,(H,21,27). The lowest BCUT2D eigenvalue weighted by Crippen LogP contribution is -2.52. The monoisotopic (exact) mass is 465 g/mol. The van der Waals surface area contributed by atoms with Crippen LogP contribution >= 0.6 is 11.6 Å². The number of hydrogen-bond acceptors (Lipinski definition) is 6. The maximum absolute atomic E-state index is 12.7. The minimum absolute atomic E-state index is 0.0832. The van der Waals surface area contributed by atoms with E-state index in [0.29, 0.717) is 35.1 Å². The molecule has 0 aliphatic carbocycles. The largest absolute Gasteiger partial charge is 0.339 e. The highest BCUT2D eigenvalue weighted by Crippen LogP contribution is 2.33. The van der Waals surface area contributed by atoms with Gasteiger partial charge in [-0.25, -0.2) is 13.1 Å². The number of sulfone groups is 1. The Labute approximate surface area is 183 Å². The molecule has 4 rings (SSSR count). The molecule has 12 heteroatoms. The molecule has 0 saturated carbocycles. The number of piperazine rings is 1. The summed E-state index contributed by atoms with van der Waals surface area (Å²) in [6.07, 6.45) is 0. The highest BCUT2D eigenvalue weighted by Gasteiger charge is 2.35. The SMILES string of the molecule is CC(=O)N1CCN(C(=O)C(=O)Nc2c3c(nn2-c2ccc(Cl)cc2)CS(=O)(=O)C3)CC1. The second-order valence-electron chi connectivity index (χ2n) is 7.45. The molecule has 2 aliphatic rings. The molecule has 0 radical (unpaired) electrons. The van der Waals surface area contributed by atoms with Crippen molar-refractivity contribution in [1.29, 1.82) is 0 Å². The summed E-state index contributed by atoms with van der Waals surface area (Å²) in [7, 11) is -3.36. The zero-order valence-electron chi connectivity index (χ0n) is 16.7. The van der Waals surface area contributed by atoms with Crippen molar-refractivity contribution in [2.45, 2.75) is 18.4 Å². The van der Waals surface area contributed by atoms with Crippen LogP contribution in [0.4, 0.5) is 5.82 Å². The molecule has 1 aromatic heterocycles. The van der Waals surface area contributed by atoms with Crippen LogP contribution in [0.3, 0.4) is 0 Å². The smallest absolute Gasteiger partial charge is 0.315 e. The first-order valence-electron chi connectivity index (χ1n) is 9.57. The molecule has 10 nitrogen and oxygen atoms in total. The van der Waals surface area contributed by atoms with Gasteiger partial charge in [-0.2, -0.15) is 5.10 Å². The van der Waals surface area contributed by atoms with Crippen LogP contribution in [-0.2, 0) is 35.7 Å². The Kier molecular flexibility index (Phi) is 5.48. The fraction of sp³-hybridized carbons (Fsp3) is 0.368. The Morgan fingerprint density at radius 3 is 2.23 bits per heavy atom. The van der Waals surface area contributed by atoms with Gasteiger partial charge >= 0.3 is 11.8 Å². The van der Waals surface area contributed by atoms with Crippen molar-refractivity contribution in [2.75, 3.05) is 31.5 Å². The molecule has 2 aliphatic heterocycles. The van der Waals surface area contributed by atoms with E-state index in [1.807, 2.05) is 0 Å². The molecular weight excluding hydrogens is 446 g/mol. The zero-order valence-corrected chi connectivity index (χ0v) is 18.2. The van der Waals surface area contributed by atoms with Crippen LogP contribution in [0.15, 0.2) is 24.3 Å². The molecule has 1 aromatic carbocycles. The van der Waals surface area contributed by atoms with Crippen LogP contribution in [0.2, 0.25) is 5.02 Å². The lowest BCUT2D eigenvalue weighted by molar-refractivity contribution is -0.145. The topological polar surface area (TPSA) is 122 Å². The van der Waals surface area contributed by atoms with Gasteiger partial charge in [-0.1, -0.05) is 11.6 Å². The van der Waals surface area contributed by atoms with Crippen molar-refractivity contribution >= 4 is 45.0 Å². The molecule has 0 spiro atoms. The average molecular weight is 466 g/mol. The van der Waals surface area contributed by atoms with E-state index in [0.717, 1.165) is 0 Å². The first kappa shape index (κ1) is 21.3. The number of amides is 3. The number of carbonyl (C=O) groups excluding carboxylic acids is 3. The Morgan fingerprint density at radius 2 is 1.61 bits per heavy atom. The van der Waals surface area contributed by atoms with Crippen LogP contribution in [0, 0.1) is 0 Å². The summed E-state index contributed by atoms with van der Waals surface area (Å²) in [4.78, 5) is 39.8. The van der Waals surface area contributed by atoms with Gasteiger partial charge in [0.05, 0.1) is 22.9 Å². The van der Waals surface area contributed by atoms with E-state index in [1.54, 1.807) is 29.2 Å². The number of halogens is 1. The summed E-state index contributed by atoms with van der Waals surface area (Å²) in [5, 5.41) is 7.43. The summed E-state index contributed by atoms with van der Waals surface area (Å²) in [6, 6.07) is 6.65. The summed E-state index contributed by atoms with van der Waals surface area (Å²) in [5.41, 5.74) is 1.28. The second kappa shape index (κ2) is 7.97. The molecule has 0 atom stereocenters. The third kappa shape index (κ3) is 4.28. The van der Waals surface area contributed by atoms with E-state index in [1.165, 1.54) is 16.5 Å². The summed E-state index contributed by atoms with van der Waals surface area (Å²) in [5.74, 6) is -2.07. The Hall–Kier alpha value is -2.92.